The van der Waals surface area contributed by atoms with Gasteiger partial charge in [0.15, 0.2) is 8.32 Å². The van der Waals surface area contributed by atoms with Gasteiger partial charge in [-0.05, 0) is 19.1 Å². The third-order valence-corrected chi connectivity index (χ3v) is 7.15. The molecule has 0 aliphatic carbocycles. The van der Waals surface area contributed by atoms with E-state index < -0.39 is 8.32 Å². The fourth-order valence-corrected chi connectivity index (χ4v) is 4.85. The van der Waals surface area contributed by atoms with Crippen molar-refractivity contribution in [3.63, 3.8) is 0 Å². The number of rotatable bonds is 8. The third kappa shape index (κ3) is 9.72. The Bertz CT molecular complexity index is 122. The Hall–Kier alpha value is 1.42. The maximum absolute atomic E-state index is 5.97. The van der Waals surface area contributed by atoms with E-state index in [1.54, 1.807) is 0 Å². The van der Waals surface area contributed by atoms with Crippen molar-refractivity contribution in [3.8, 4) is 0 Å². The molecule has 0 aliphatic heterocycles. The largest absolute Gasteiger partial charge is 0.468 e. The molecule has 0 radical (unpaired) electrons. The van der Waals surface area contributed by atoms with Crippen LogP contribution in [0.1, 0.15) is 26.2 Å². The van der Waals surface area contributed by atoms with E-state index in [-0.39, 0.29) is 18.2 Å². The van der Waals surface area contributed by atoms with Crippen LogP contribution in [-0.4, -0.2) is 33.1 Å². The predicted molar refractivity (Wildman–Crippen MR) is 67.3 cm³/mol. The average molecular weight is 278 g/mol. The normalized spacial score (nSPS) is 11.4. The van der Waals surface area contributed by atoms with Gasteiger partial charge in [-0.25, -0.2) is 0 Å². The van der Waals surface area contributed by atoms with Gasteiger partial charge in [0, 0.05) is 6.61 Å². The predicted octanol–water partition coefficient (Wildman–Crippen LogP) is 3.83. The molecule has 0 spiro atoms. The quantitative estimate of drug-likeness (QED) is 0.484. The number of unbranched alkanes of at least 4 members (excludes halogenated alkanes) is 1. The molecule has 76 valence electrons. The van der Waals surface area contributed by atoms with E-state index in [9.17, 15) is 0 Å². The standard InChI is InChI=1S/C9H21OSi.BrH.Mg/c1-5-7-9-11(3,4)10-8-6-2;;/h2,5-9H2,1,3-4H3;1H;/q;;+1/p-1. The maximum Gasteiger partial charge on any atom is 0.468 e. The Labute approximate surface area is 99.7 Å². The van der Waals surface area contributed by atoms with Gasteiger partial charge in [0.1, 0.15) is 0 Å². The monoisotopic (exact) mass is 276 g/mol. The van der Waals surface area contributed by atoms with Gasteiger partial charge in [-0.2, -0.15) is 0 Å². The molecule has 0 heterocycles. The Morgan fingerprint density at radius 1 is 1.31 bits per heavy atom. The topological polar surface area (TPSA) is 9.23 Å². The van der Waals surface area contributed by atoms with Crippen LogP contribution in [0.4, 0.5) is 0 Å². The number of hydrogen-bond donors (Lipinski definition) is 0. The minimum absolute atomic E-state index is 0.0819. The first-order valence-corrected chi connectivity index (χ1v) is 13.3. The van der Waals surface area contributed by atoms with Crippen molar-refractivity contribution in [2.75, 3.05) is 6.61 Å². The highest BCUT2D eigenvalue weighted by Crippen LogP contribution is 2.15. The van der Waals surface area contributed by atoms with Crippen LogP contribution in [0.5, 0.6) is 0 Å². The van der Waals surface area contributed by atoms with Crippen molar-refractivity contribution in [2.45, 2.75) is 49.9 Å². The highest BCUT2D eigenvalue weighted by atomic mass is 79.9. The van der Waals surface area contributed by atoms with Gasteiger partial charge in [0.05, 0.1) is 0 Å². The zero-order valence-corrected chi connectivity index (χ0v) is 13.2. The first-order chi connectivity index (χ1) is 6.12. The van der Waals surface area contributed by atoms with E-state index in [0.717, 1.165) is 6.61 Å². The minimum Gasteiger partial charge on any atom is -0.417 e. The second-order valence-electron chi connectivity index (χ2n) is 4.11. The van der Waals surface area contributed by atoms with Crippen molar-refractivity contribution in [1.82, 2.24) is 0 Å². The second kappa shape index (κ2) is 8.71. The highest BCUT2D eigenvalue weighted by molar-refractivity contribution is 9.23. The molecule has 0 aromatic carbocycles. The van der Waals surface area contributed by atoms with Crippen LogP contribution in [0, 0.1) is 0 Å². The molecule has 0 saturated heterocycles. The van der Waals surface area contributed by atoms with E-state index >= 15 is 0 Å². The van der Waals surface area contributed by atoms with Crippen LogP contribution in [0.3, 0.4) is 0 Å². The summed E-state index contributed by atoms with van der Waals surface area (Å²) in [5.41, 5.74) is 0. The lowest BCUT2D eigenvalue weighted by atomic mass is 10.4. The van der Waals surface area contributed by atoms with E-state index in [1.807, 2.05) is 0 Å². The molecule has 0 fully saturated rings. The van der Waals surface area contributed by atoms with Crippen molar-refractivity contribution in [3.05, 3.63) is 0 Å². The third-order valence-electron chi connectivity index (χ3n) is 2.15. The molecule has 0 aromatic rings. The van der Waals surface area contributed by atoms with Gasteiger partial charge in [-0.1, -0.05) is 26.2 Å². The fraction of sp³-hybridized carbons (Fsp3) is 1.00. The first kappa shape index (κ1) is 14.4. The SMILES string of the molecule is CCCC[Si](C)(C)OCC[CH2][Mg][Br]. The van der Waals surface area contributed by atoms with Gasteiger partial charge in [-0.3, -0.25) is 0 Å². The summed E-state index contributed by atoms with van der Waals surface area (Å²) in [7, 11) is -1.27. The molecule has 0 atom stereocenters. The Morgan fingerprint density at radius 3 is 2.54 bits per heavy atom. The van der Waals surface area contributed by atoms with Crippen LogP contribution < -0.4 is 0 Å². The lowest BCUT2D eigenvalue weighted by Crippen LogP contribution is -2.30. The molecule has 1 nitrogen and oxygen atoms in total. The molecule has 0 aliphatic rings. The number of hydrogen-bond acceptors (Lipinski definition) is 1. The van der Waals surface area contributed by atoms with Crippen LogP contribution in [0.15, 0.2) is 0 Å². The molecule has 0 N–H and O–H groups in total. The zero-order chi connectivity index (χ0) is 10.2. The molecular formula is C9H21BrMgOSi. The average Bonchev–Trinajstić information content (AvgIpc) is 2.09. The molecular weight excluding hydrogens is 256 g/mol. The summed E-state index contributed by atoms with van der Waals surface area (Å²) in [5.74, 6) is 0. The molecule has 0 rings (SSSR count). The molecule has 0 amide bonds. The minimum atomic E-state index is -1.27. The van der Waals surface area contributed by atoms with Crippen LogP contribution in [0.2, 0.25) is 23.7 Å². The maximum atomic E-state index is 5.97. The summed E-state index contributed by atoms with van der Waals surface area (Å²) < 4.78 is 7.35. The van der Waals surface area contributed by atoms with Crippen LogP contribution in [-0.2, 0) is 4.43 Å². The van der Waals surface area contributed by atoms with Gasteiger partial charge in [0.2, 0.25) is 0 Å². The summed E-state index contributed by atoms with van der Waals surface area (Å²) in [6.07, 6.45) is 3.90. The van der Waals surface area contributed by atoms with Gasteiger partial charge >= 0.3 is 18.2 Å². The van der Waals surface area contributed by atoms with E-state index in [4.69, 9.17) is 4.43 Å². The highest BCUT2D eigenvalue weighted by Gasteiger charge is 2.20. The van der Waals surface area contributed by atoms with Crippen LogP contribution in [0.25, 0.3) is 0 Å². The van der Waals surface area contributed by atoms with Crippen LogP contribution >= 0.6 is 12.9 Å². The van der Waals surface area contributed by atoms with Gasteiger partial charge < -0.3 is 17.3 Å². The first-order valence-electron chi connectivity index (χ1n) is 5.32. The lowest BCUT2D eigenvalue weighted by molar-refractivity contribution is 0.305. The van der Waals surface area contributed by atoms with Crippen molar-refractivity contribution >= 4 is 39.4 Å². The number of halogens is 1. The molecule has 13 heavy (non-hydrogen) atoms. The fourth-order valence-electron chi connectivity index (χ4n) is 1.22. The summed E-state index contributed by atoms with van der Waals surface area (Å²) in [5, 5.41) is 0. The second-order valence-corrected chi connectivity index (χ2v) is 11.9. The van der Waals surface area contributed by atoms with Crippen molar-refractivity contribution < 1.29 is 4.43 Å². The van der Waals surface area contributed by atoms with Gasteiger partial charge in [0.25, 0.3) is 0 Å². The molecule has 0 bridgehead atoms. The lowest BCUT2D eigenvalue weighted by Gasteiger charge is -2.22. The summed E-state index contributed by atoms with van der Waals surface area (Å²) in [6, 6.07) is 1.33. The van der Waals surface area contributed by atoms with Gasteiger partial charge in [-0.15, -0.1) is 4.55 Å². The van der Waals surface area contributed by atoms with E-state index in [0.29, 0.717) is 0 Å². The van der Waals surface area contributed by atoms with Crippen molar-refractivity contribution in [2.24, 2.45) is 0 Å². The van der Waals surface area contributed by atoms with Crippen molar-refractivity contribution in [1.29, 1.82) is 0 Å². The Balaban J connectivity index is 3.39. The summed E-state index contributed by atoms with van der Waals surface area (Å²) in [4.78, 5) is 0. The molecule has 4 heteroatoms. The molecule has 0 unspecified atom stereocenters. The summed E-state index contributed by atoms with van der Waals surface area (Å²) >= 11 is 3.65. The Morgan fingerprint density at radius 2 is 2.00 bits per heavy atom. The smallest absolute Gasteiger partial charge is 0.417 e. The summed E-state index contributed by atoms with van der Waals surface area (Å²) in [6.45, 7) is 7.94. The molecule has 0 aromatic heterocycles. The zero-order valence-electron chi connectivity index (χ0n) is 9.24. The van der Waals surface area contributed by atoms with E-state index in [2.05, 4.69) is 32.9 Å². The molecule has 0 saturated carbocycles. The Kier molecular flexibility index (Phi) is 9.66. The van der Waals surface area contributed by atoms with E-state index in [1.165, 1.54) is 29.9 Å².